The van der Waals surface area contributed by atoms with E-state index in [-0.39, 0.29) is 25.0 Å². The van der Waals surface area contributed by atoms with E-state index in [1.54, 1.807) is 24.3 Å². The summed E-state index contributed by atoms with van der Waals surface area (Å²) in [6, 6.07) is 7.07. The predicted molar refractivity (Wildman–Crippen MR) is 103 cm³/mol. The van der Waals surface area contributed by atoms with E-state index in [0.29, 0.717) is 39.9 Å². The van der Waals surface area contributed by atoms with Gasteiger partial charge in [-0.1, -0.05) is 0 Å². The van der Waals surface area contributed by atoms with Crippen LogP contribution in [0.3, 0.4) is 0 Å². The van der Waals surface area contributed by atoms with Crippen LogP contribution in [0.15, 0.2) is 24.3 Å². The van der Waals surface area contributed by atoms with Crippen LogP contribution in [0.2, 0.25) is 0 Å². The molecule has 2 heterocycles. The van der Waals surface area contributed by atoms with E-state index in [9.17, 15) is 9.59 Å². The molecule has 3 atom stereocenters. The molecular formula is C22H20O8. The van der Waals surface area contributed by atoms with Crippen LogP contribution in [0.1, 0.15) is 27.4 Å². The number of ketones is 2. The van der Waals surface area contributed by atoms with Gasteiger partial charge in [-0.05, 0) is 35.4 Å². The lowest BCUT2D eigenvalue weighted by Crippen LogP contribution is -2.39. The van der Waals surface area contributed by atoms with E-state index in [1.807, 2.05) is 0 Å². The number of fused-ring (bicyclic) bond motifs is 3. The molecule has 3 aliphatic rings. The predicted octanol–water partition coefficient (Wildman–Crippen LogP) is 2.35. The van der Waals surface area contributed by atoms with Gasteiger partial charge in [0.1, 0.15) is 12.7 Å². The quantitative estimate of drug-likeness (QED) is 0.756. The van der Waals surface area contributed by atoms with Gasteiger partial charge in [0.2, 0.25) is 12.5 Å². The molecule has 0 aromatic heterocycles. The highest BCUT2D eigenvalue weighted by Gasteiger charge is 2.51. The summed E-state index contributed by atoms with van der Waals surface area (Å²) in [6.07, 6.45) is -0.838. The van der Waals surface area contributed by atoms with Crippen molar-refractivity contribution < 1.29 is 38.0 Å². The first-order valence-corrected chi connectivity index (χ1v) is 9.49. The van der Waals surface area contributed by atoms with Gasteiger partial charge >= 0.3 is 0 Å². The van der Waals surface area contributed by atoms with Crippen LogP contribution < -0.4 is 23.7 Å². The fraction of sp³-hybridized carbons (Fsp3) is 0.364. The van der Waals surface area contributed by atoms with E-state index < -0.39 is 17.9 Å². The highest BCUT2D eigenvalue weighted by Crippen LogP contribution is 2.51. The van der Waals surface area contributed by atoms with Crippen LogP contribution in [0.25, 0.3) is 0 Å². The second-order valence-electron chi connectivity index (χ2n) is 7.32. The number of Topliss-reactive ketones (excluding diaryl/α,β-unsaturated/α-hetero) is 2. The molecule has 2 aromatic carbocycles. The maximum Gasteiger partial charge on any atom is 0.231 e. The zero-order valence-corrected chi connectivity index (χ0v) is 16.7. The second-order valence-corrected chi connectivity index (χ2v) is 7.32. The molecule has 1 aliphatic carbocycles. The molecule has 0 amide bonds. The number of hydrogen-bond donors (Lipinski definition) is 0. The van der Waals surface area contributed by atoms with Gasteiger partial charge in [-0.3, -0.25) is 9.59 Å². The van der Waals surface area contributed by atoms with E-state index in [0.717, 1.165) is 5.56 Å². The standard InChI is InChI=1S/C22H20O8/c1-25-16-4-10(5-17(26-2)21(16)27-3)18-11-6-14-15(30-9-29-14)7-12(11)20(24)22-19(18)13(23)8-28-22/h4-7,18-19,22H,8-9H2,1-3H3/t18-,19-,22-/m1/s1. The van der Waals surface area contributed by atoms with Gasteiger partial charge in [-0.15, -0.1) is 0 Å². The topological polar surface area (TPSA) is 89.5 Å². The molecule has 2 aliphatic heterocycles. The second kappa shape index (κ2) is 6.91. The van der Waals surface area contributed by atoms with Crippen LogP contribution in [-0.4, -0.2) is 52.4 Å². The van der Waals surface area contributed by atoms with Gasteiger partial charge in [0, 0.05) is 11.5 Å². The molecule has 0 N–H and O–H groups in total. The van der Waals surface area contributed by atoms with Crippen molar-refractivity contribution in [1.82, 2.24) is 0 Å². The van der Waals surface area contributed by atoms with Crippen molar-refractivity contribution in [3.05, 3.63) is 41.0 Å². The first-order chi connectivity index (χ1) is 14.6. The molecule has 0 unspecified atom stereocenters. The Bertz CT molecular complexity index is 1030. The highest BCUT2D eigenvalue weighted by atomic mass is 16.7. The summed E-state index contributed by atoms with van der Waals surface area (Å²) >= 11 is 0. The molecule has 8 heteroatoms. The Hall–Kier alpha value is -3.26. The fourth-order valence-electron chi connectivity index (χ4n) is 4.58. The number of ether oxygens (including phenoxy) is 6. The number of carbonyl (C=O) groups excluding carboxylic acids is 2. The molecule has 0 saturated carbocycles. The molecule has 1 fully saturated rings. The molecule has 2 aromatic rings. The largest absolute Gasteiger partial charge is 0.493 e. The van der Waals surface area contributed by atoms with Crippen molar-refractivity contribution in [3.63, 3.8) is 0 Å². The van der Waals surface area contributed by atoms with Crippen LogP contribution in [0, 0.1) is 5.92 Å². The normalized spacial score (nSPS) is 23.8. The lowest BCUT2D eigenvalue weighted by Gasteiger charge is -2.33. The lowest BCUT2D eigenvalue weighted by atomic mass is 9.69. The molecule has 0 bridgehead atoms. The highest BCUT2D eigenvalue weighted by molar-refractivity contribution is 6.08. The minimum atomic E-state index is -0.838. The summed E-state index contributed by atoms with van der Waals surface area (Å²) in [5.74, 6) is 1.01. The number of benzene rings is 2. The van der Waals surface area contributed by atoms with Crippen LogP contribution in [0.5, 0.6) is 28.7 Å². The Morgan fingerprint density at radius 3 is 2.20 bits per heavy atom. The average Bonchev–Trinajstić information content (AvgIpc) is 3.38. The van der Waals surface area contributed by atoms with Crippen molar-refractivity contribution >= 4 is 11.6 Å². The Balaban J connectivity index is 1.75. The molecular weight excluding hydrogens is 392 g/mol. The average molecular weight is 412 g/mol. The smallest absolute Gasteiger partial charge is 0.231 e. The van der Waals surface area contributed by atoms with E-state index in [4.69, 9.17) is 28.4 Å². The fourth-order valence-corrected chi connectivity index (χ4v) is 4.58. The summed E-state index contributed by atoms with van der Waals surface area (Å²) < 4.78 is 33.0. The lowest BCUT2D eigenvalue weighted by molar-refractivity contribution is -0.120. The molecule has 156 valence electrons. The summed E-state index contributed by atoms with van der Waals surface area (Å²) in [5, 5.41) is 0. The third-order valence-corrected chi connectivity index (χ3v) is 5.91. The summed E-state index contributed by atoms with van der Waals surface area (Å²) in [5.41, 5.74) is 1.92. The first kappa shape index (κ1) is 18.7. The van der Waals surface area contributed by atoms with Crippen molar-refractivity contribution in [1.29, 1.82) is 0 Å². The van der Waals surface area contributed by atoms with E-state index in [2.05, 4.69) is 0 Å². The van der Waals surface area contributed by atoms with E-state index >= 15 is 0 Å². The third kappa shape index (κ3) is 2.56. The number of rotatable bonds is 4. The molecule has 8 nitrogen and oxygen atoms in total. The Morgan fingerprint density at radius 2 is 1.57 bits per heavy atom. The van der Waals surface area contributed by atoms with Crippen LogP contribution in [-0.2, 0) is 9.53 Å². The zero-order valence-electron chi connectivity index (χ0n) is 16.7. The van der Waals surface area contributed by atoms with Crippen molar-refractivity contribution in [2.45, 2.75) is 12.0 Å². The first-order valence-electron chi connectivity index (χ1n) is 9.49. The number of carbonyl (C=O) groups is 2. The van der Waals surface area contributed by atoms with Gasteiger partial charge in [0.25, 0.3) is 0 Å². The summed E-state index contributed by atoms with van der Waals surface area (Å²) in [6.45, 7) is -0.00768. The van der Waals surface area contributed by atoms with Gasteiger partial charge in [-0.2, -0.15) is 0 Å². The van der Waals surface area contributed by atoms with Gasteiger partial charge in [-0.25, -0.2) is 0 Å². The number of hydrogen-bond acceptors (Lipinski definition) is 8. The van der Waals surface area contributed by atoms with Crippen LogP contribution in [0.4, 0.5) is 0 Å². The SMILES string of the molecule is COc1cc([C@@H]2c3cc4c(cc3C(=O)[C@@H]3OCC(=O)[C@H]23)OCO4)cc(OC)c1OC. The number of methoxy groups -OCH3 is 3. The zero-order chi connectivity index (χ0) is 21.0. The van der Waals surface area contributed by atoms with Crippen LogP contribution >= 0.6 is 0 Å². The minimum absolute atomic E-state index is 0.0869. The third-order valence-electron chi connectivity index (χ3n) is 5.91. The minimum Gasteiger partial charge on any atom is -0.493 e. The van der Waals surface area contributed by atoms with Gasteiger partial charge in [0.15, 0.2) is 34.6 Å². The monoisotopic (exact) mass is 412 g/mol. The summed E-state index contributed by atoms with van der Waals surface area (Å²) in [4.78, 5) is 25.9. The Labute approximate surface area is 172 Å². The summed E-state index contributed by atoms with van der Waals surface area (Å²) in [7, 11) is 4.59. The molecule has 1 saturated heterocycles. The molecule has 5 rings (SSSR count). The molecule has 30 heavy (non-hydrogen) atoms. The van der Waals surface area contributed by atoms with Crippen molar-refractivity contribution in [3.8, 4) is 28.7 Å². The maximum atomic E-state index is 13.1. The van der Waals surface area contributed by atoms with Crippen molar-refractivity contribution in [2.24, 2.45) is 5.92 Å². The van der Waals surface area contributed by atoms with Gasteiger partial charge in [0.05, 0.1) is 27.2 Å². The molecule has 0 spiro atoms. The van der Waals surface area contributed by atoms with Crippen molar-refractivity contribution in [2.75, 3.05) is 34.7 Å². The Morgan fingerprint density at radius 1 is 0.900 bits per heavy atom. The Kier molecular flexibility index (Phi) is 4.32. The molecule has 0 radical (unpaired) electrons. The van der Waals surface area contributed by atoms with Gasteiger partial charge < -0.3 is 28.4 Å². The van der Waals surface area contributed by atoms with E-state index in [1.165, 1.54) is 21.3 Å². The maximum absolute atomic E-state index is 13.1.